The molecule has 0 heterocycles. The third kappa shape index (κ3) is 6.57. The number of hydrogen-bond acceptors (Lipinski definition) is 5. The molecule has 0 aliphatic carbocycles. The number of rotatable bonds is 10. The molecule has 0 aliphatic heterocycles. The molecule has 0 saturated carbocycles. The third-order valence-corrected chi connectivity index (χ3v) is 3.14. The van der Waals surface area contributed by atoms with E-state index < -0.39 is 0 Å². The van der Waals surface area contributed by atoms with E-state index >= 15 is 0 Å². The molecule has 0 atom stereocenters. The second-order valence-electron chi connectivity index (χ2n) is 4.76. The van der Waals surface area contributed by atoms with Crippen LogP contribution in [0.4, 0.5) is 0 Å². The van der Waals surface area contributed by atoms with Gasteiger partial charge in [-0.15, -0.1) is 0 Å². The molecule has 6 nitrogen and oxygen atoms in total. The van der Waals surface area contributed by atoms with Crippen LogP contribution in [0.5, 0.6) is 0 Å². The van der Waals surface area contributed by atoms with Crippen LogP contribution in [-0.4, -0.2) is 44.5 Å². The van der Waals surface area contributed by atoms with Crippen molar-refractivity contribution in [1.82, 2.24) is 5.32 Å². The molecule has 0 amide bonds. The summed E-state index contributed by atoms with van der Waals surface area (Å²) in [5, 5.41) is 15.0. The van der Waals surface area contributed by atoms with Crippen molar-refractivity contribution in [2.24, 2.45) is 10.9 Å². The van der Waals surface area contributed by atoms with Gasteiger partial charge < -0.3 is 25.7 Å². The first-order valence-electron chi connectivity index (χ1n) is 7.04. The second-order valence-corrected chi connectivity index (χ2v) is 4.76. The van der Waals surface area contributed by atoms with E-state index in [1.807, 2.05) is 25.1 Å². The Balaban J connectivity index is 2.26. The van der Waals surface area contributed by atoms with Crippen LogP contribution < -0.4 is 11.1 Å². The van der Waals surface area contributed by atoms with Gasteiger partial charge in [0.1, 0.15) is 0 Å². The lowest BCUT2D eigenvalue weighted by molar-refractivity contribution is 0.0695. The molecule has 4 N–H and O–H groups in total. The van der Waals surface area contributed by atoms with Crippen molar-refractivity contribution in [3.8, 4) is 0 Å². The lowest BCUT2D eigenvalue weighted by Crippen LogP contribution is -2.18. The minimum absolute atomic E-state index is 0.130. The minimum atomic E-state index is 0.130. The highest BCUT2D eigenvalue weighted by Crippen LogP contribution is 2.11. The maximum absolute atomic E-state index is 8.66. The fourth-order valence-corrected chi connectivity index (χ4v) is 1.88. The zero-order chi connectivity index (χ0) is 15.5. The van der Waals surface area contributed by atoms with E-state index in [-0.39, 0.29) is 5.84 Å². The number of nitrogens with one attached hydrogen (secondary N) is 1. The molecule has 6 heteroatoms. The van der Waals surface area contributed by atoms with E-state index in [4.69, 9.17) is 20.4 Å². The minimum Gasteiger partial charge on any atom is -0.409 e. The number of nitrogens with zero attached hydrogens (tertiary/aromatic N) is 1. The molecule has 0 unspecified atom stereocenters. The average molecular weight is 295 g/mol. The van der Waals surface area contributed by atoms with Crippen LogP contribution in [0, 0.1) is 6.92 Å². The first kappa shape index (κ1) is 17.4. The van der Waals surface area contributed by atoms with Gasteiger partial charge >= 0.3 is 0 Å². The molecule has 0 radical (unpaired) electrons. The van der Waals surface area contributed by atoms with Crippen molar-refractivity contribution < 1.29 is 14.7 Å². The van der Waals surface area contributed by atoms with E-state index in [0.29, 0.717) is 13.2 Å². The Labute approximate surface area is 125 Å². The smallest absolute Gasteiger partial charge is 0.170 e. The molecule has 0 aromatic heterocycles. The van der Waals surface area contributed by atoms with Gasteiger partial charge in [-0.05, 0) is 37.1 Å². The zero-order valence-corrected chi connectivity index (χ0v) is 12.8. The Bertz CT molecular complexity index is 450. The molecule has 118 valence electrons. The zero-order valence-electron chi connectivity index (χ0n) is 12.8. The monoisotopic (exact) mass is 295 g/mol. The number of aryl methyl sites for hydroxylation is 1. The van der Waals surface area contributed by atoms with E-state index in [9.17, 15) is 0 Å². The Morgan fingerprint density at radius 1 is 1.33 bits per heavy atom. The molecule has 21 heavy (non-hydrogen) atoms. The summed E-state index contributed by atoms with van der Waals surface area (Å²) in [5.74, 6) is 0.130. The molecule has 0 aliphatic rings. The molecule has 0 saturated heterocycles. The van der Waals surface area contributed by atoms with E-state index in [1.54, 1.807) is 7.11 Å². The fraction of sp³-hybridized carbons (Fsp3) is 0.533. The van der Waals surface area contributed by atoms with Crippen molar-refractivity contribution in [1.29, 1.82) is 0 Å². The molecule has 1 aromatic carbocycles. The normalized spacial score (nSPS) is 11.8. The van der Waals surface area contributed by atoms with Gasteiger partial charge in [0.05, 0.1) is 13.2 Å². The molecule has 0 fully saturated rings. The van der Waals surface area contributed by atoms with Crippen LogP contribution in [0.15, 0.2) is 23.4 Å². The number of ether oxygens (including phenoxy) is 2. The fourth-order valence-electron chi connectivity index (χ4n) is 1.88. The predicted molar refractivity (Wildman–Crippen MR) is 82.7 cm³/mol. The highest BCUT2D eigenvalue weighted by Gasteiger charge is 2.03. The molecule has 1 rings (SSSR count). The number of oxime groups is 1. The van der Waals surface area contributed by atoms with Crippen LogP contribution >= 0.6 is 0 Å². The van der Waals surface area contributed by atoms with E-state index in [1.165, 1.54) is 5.56 Å². The van der Waals surface area contributed by atoms with Crippen molar-refractivity contribution in [2.75, 3.05) is 33.5 Å². The Hall–Kier alpha value is -1.63. The first-order chi connectivity index (χ1) is 10.2. The number of amidine groups is 1. The highest BCUT2D eigenvalue weighted by molar-refractivity contribution is 5.97. The summed E-state index contributed by atoms with van der Waals surface area (Å²) in [4.78, 5) is 0. The summed E-state index contributed by atoms with van der Waals surface area (Å²) < 4.78 is 10.3. The summed E-state index contributed by atoms with van der Waals surface area (Å²) in [5.41, 5.74) is 8.60. The van der Waals surface area contributed by atoms with Crippen molar-refractivity contribution in [3.63, 3.8) is 0 Å². The standard InChI is InChI=1S/C15H25N3O3/c1-12-10-13(15(16)18-19)4-5-14(12)11-17-6-3-7-21-9-8-20-2/h4-5,10,17,19H,3,6-9,11H2,1-2H3,(H2,16,18). The SMILES string of the molecule is COCCOCCCNCc1ccc(/C(N)=N/O)cc1C. The highest BCUT2D eigenvalue weighted by atomic mass is 16.5. The van der Waals surface area contributed by atoms with Gasteiger partial charge in [0.2, 0.25) is 0 Å². The van der Waals surface area contributed by atoms with Gasteiger partial charge in [0, 0.05) is 25.8 Å². The Morgan fingerprint density at radius 3 is 2.81 bits per heavy atom. The van der Waals surface area contributed by atoms with Gasteiger partial charge in [0.25, 0.3) is 0 Å². The summed E-state index contributed by atoms with van der Waals surface area (Å²) in [7, 11) is 1.67. The molecular formula is C15H25N3O3. The van der Waals surface area contributed by atoms with E-state index in [2.05, 4.69) is 10.5 Å². The topological polar surface area (TPSA) is 89.1 Å². The van der Waals surface area contributed by atoms with Crippen LogP contribution in [0.1, 0.15) is 23.1 Å². The van der Waals surface area contributed by atoms with E-state index in [0.717, 1.165) is 37.2 Å². The van der Waals surface area contributed by atoms with Crippen LogP contribution in [0.25, 0.3) is 0 Å². The van der Waals surface area contributed by atoms with Gasteiger partial charge in [0.15, 0.2) is 5.84 Å². The number of benzene rings is 1. The maximum Gasteiger partial charge on any atom is 0.170 e. The average Bonchev–Trinajstić information content (AvgIpc) is 2.50. The number of methoxy groups -OCH3 is 1. The Kier molecular flexibility index (Phi) is 8.42. The van der Waals surface area contributed by atoms with Gasteiger partial charge in [-0.3, -0.25) is 0 Å². The summed E-state index contributed by atoms with van der Waals surface area (Å²) in [6.45, 7) is 5.72. The van der Waals surface area contributed by atoms with Crippen LogP contribution in [0.3, 0.4) is 0 Å². The van der Waals surface area contributed by atoms with Crippen LogP contribution in [0.2, 0.25) is 0 Å². The molecular weight excluding hydrogens is 270 g/mol. The predicted octanol–water partition coefficient (Wildman–Crippen LogP) is 1.23. The van der Waals surface area contributed by atoms with Gasteiger partial charge in [-0.1, -0.05) is 17.3 Å². The molecule has 1 aromatic rings. The lowest BCUT2D eigenvalue weighted by Gasteiger charge is -2.09. The van der Waals surface area contributed by atoms with Crippen molar-refractivity contribution in [2.45, 2.75) is 19.9 Å². The van der Waals surface area contributed by atoms with Gasteiger partial charge in [-0.25, -0.2) is 0 Å². The largest absolute Gasteiger partial charge is 0.409 e. The summed E-state index contributed by atoms with van der Waals surface area (Å²) in [6.07, 6.45) is 0.963. The van der Waals surface area contributed by atoms with Crippen molar-refractivity contribution in [3.05, 3.63) is 34.9 Å². The summed E-state index contributed by atoms with van der Waals surface area (Å²) >= 11 is 0. The summed E-state index contributed by atoms with van der Waals surface area (Å²) in [6, 6.07) is 5.76. The maximum atomic E-state index is 8.66. The number of hydrogen-bond donors (Lipinski definition) is 3. The third-order valence-electron chi connectivity index (χ3n) is 3.14. The quantitative estimate of drug-likeness (QED) is 0.199. The number of nitrogens with two attached hydrogens (primary N) is 1. The molecule has 0 spiro atoms. The van der Waals surface area contributed by atoms with Gasteiger partial charge in [-0.2, -0.15) is 0 Å². The lowest BCUT2D eigenvalue weighted by atomic mass is 10.0. The van der Waals surface area contributed by atoms with Crippen LogP contribution in [-0.2, 0) is 16.0 Å². The second kappa shape index (κ2) is 10.1. The first-order valence-corrected chi connectivity index (χ1v) is 7.04. The van der Waals surface area contributed by atoms with Crippen molar-refractivity contribution >= 4 is 5.84 Å². The molecule has 0 bridgehead atoms. The Morgan fingerprint density at radius 2 is 2.14 bits per heavy atom.